The van der Waals surface area contributed by atoms with Crippen molar-refractivity contribution in [1.82, 2.24) is 15.1 Å². The van der Waals surface area contributed by atoms with Crippen LogP contribution in [0.3, 0.4) is 0 Å². The molecule has 2 amide bonds. The summed E-state index contributed by atoms with van der Waals surface area (Å²) in [6.45, 7) is 2.26. The molecule has 4 rings (SSSR count). The quantitative estimate of drug-likeness (QED) is 0.167. The molecule has 0 radical (unpaired) electrons. The highest BCUT2D eigenvalue weighted by atomic mass is 32.2. The summed E-state index contributed by atoms with van der Waals surface area (Å²) in [5.74, 6) is 1.08. The number of carbonyl (C=O) groups is 2. The molecule has 35 heavy (non-hydrogen) atoms. The topological polar surface area (TPSA) is 84.4 Å². The van der Waals surface area contributed by atoms with Crippen LogP contribution in [0.2, 0.25) is 0 Å². The van der Waals surface area contributed by atoms with Gasteiger partial charge in [-0.2, -0.15) is 0 Å². The number of rotatable bonds is 9. The first-order valence-corrected chi connectivity index (χ1v) is 13.6. The minimum absolute atomic E-state index is 0.105. The van der Waals surface area contributed by atoms with Crippen molar-refractivity contribution in [1.29, 1.82) is 0 Å². The Morgan fingerprint density at radius 2 is 2.03 bits per heavy atom. The summed E-state index contributed by atoms with van der Waals surface area (Å²) < 4.78 is 6.38. The van der Waals surface area contributed by atoms with Crippen LogP contribution in [0.25, 0.3) is 6.08 Å². The second-order valence-electron chi connectivity index (χ2n) is 7.56. The van der Waals surface area contributed by atoms with Gasteiger partial charge in [0, 0.05) is 18.7 Å². The third-order valence-corrected chi connectivity index (χ3v) is 8.37. The molecule has 1 aliphatic rings. The van der Waals surface area contributed by atoms with Crippen LogP contribution in [0.1, 0.15) is 23.1 Å². The highest BCUT2D eigenvalue weighted by molar-refractivity contribution is 8.26. The molecule has 11 heteroatoms. The molecule has 1 aliphatic heterocycles. The van der Waals surface area contributed by atoms with E-state index in [1.54, 1.807) is 24.9 Å². The Hall–Kier alpha value is -2.73. The van der Waals surface area contributed by atoms with Crippen molar-refractivity contribution in [2.24, 2.45) is 0 Å². The predicted molar refractivity (Wildman–Crippen MR) is 147 cm³/mol. The Labute approximate surface area is 221 Å². The minimum atomic E-state index is -0.246. The molecule has 1 fully saturated rings. The monoisotopic (exact) mass is 542 g/mol. The zero-order valence-electron chi connectivity index (χ0n) is 19.0. The van der Waals surface area contributed by atoms with E-state index in [0.717, 1.165) is 21.4 Å². The fourth-order valence-corrected chi connectivity index (χ4v) is 6.22. The summed E-state index contributed by atoms with van der Waals surface area (Å²) in [4.78, 5) is 27.2. The van der Waals surface area contributed by atoms with Crippen molar-refractivity contribution in [3.05, 3.63) is 70.1 Å². The summed E-state index contributed by atoms with van der Waals surface area (Å²) in [5, 5.41) is 11.4. The molecule has 0 saturated carbocycles. The molecular weight excluding hydrogens is 521 g/mol. The number of aryl methyl sites for hydroxylation is 1. The lowest BCUT2D eigenvalue weighted by molar-refractivity contribution is -0.122. The highest BCUT2D eigenvalue weighted by Gasteiger charge is 2.32. The predicted octanol–water partition coefficient (Wildman–Crippen LogP) is 5.38. The number of carbonyl (C=O) groups excluding carboxylic acids is 2. The van der Waals surface area contributed by atoms with E-state index in [1.807, 2.05) is 30.3 Å². The molecule has 0 aliphatic carbocycles. The Bertz CT molecular complexity index is 1270. The molecule has 2 aromatic carbocycles. The number of ether oxygens (including phenoxy) is 1. The number of nitrogens with one attached hydrogen (secondary N) is 1. The first-order valence-electron chi connectivity index (χ1n) is 10.6. The van der Waals surface area contributed by atoms with Gasteiger partial charge in [-0.25, -0.2) is 0 Å². The van der Waals surface area contributed by atoms with Crippen LogP contribution in [0, 0.1) is 6.92 Å². The molecule has 2 heterocycles. The fourth-order valence-electron chi connectivity index (χ4n) is 3.21. The molecule has 0 spiro atoms. The maximum atomic E-state index is 12.8. The summed E-state index contributed by atoms with van der Waals surface area (Å²) >= 11 is 9.50. The lowest BCUT2D eigenvalue weighted by Gasteiger charge is -2.13. The number of amides is 2. The Kier molecular flexibility index (Phi) is 8.55. The van der Waals surface area contributed by atoms with Gasteiger partial charge in [-0.1, -0.05) is 89.0 Å². The van der Waals surface area contributed by atoms with E-state index in [1.165, 1.54) is 39.1 Å². The van der Waals surface area contributed by atoms with E-state index < -0.39 is 0 Å². The smallest absolute Gasteiger partial charge is 0.266 e. The number of hydrogen-bond donors (Lipinski definition) is 1. The van der Waals surface area contributed by atoms with Gasteiger partial charge in [0.15, 0.2) is 4.34 Å². The normalized spacial score (nSPS) is 14.6. The van der Waals surface area contributed by atoms with Crippen molar-refractivity contribution in [2.45, 2.75) is 23.4 Å². The lowest BCUT2D eigenvalue weighted by atomic mass is 10.2. The summed E-state index contributed by atoms with van der Waals surface area (Å²) in [7, 11) is 1.60. The van der Waals surface area contributed by atoms with Gasteiger partial charge in [-0.15, -0.1) is 10.2 Å². The van der Waals surface area contributed by atoms with Gasteiger partial charge >= 0.3 is 0 Å². The van der Waals surface area contributed by atoms with Gasteiger partial charge in [-0.3, -0.25) is 14.5 Å². The van der Waals surface area contributed by atoms with Crippen molar-refractivity contribution in [2.75, 3.05) is 19.0 Å². The molecule has 0 atom stereocenters. The average Bonchev–Trinajstić information content (AvgIpc) is 3.40. The van der Waals surface area contributed by atoms with Crippen molar-refractivity contribution < 1.29 is 14.3 Å². The maximum absolute atomic E-state index is 12.8. The number of anilines is 1. The third kappa shape index (κ3) is 6.91. The second-order valence-corrected chi connectivity index (χ2v) is 11.4. The van der Waals surface area contributed by atoms with E-state index in [0.29, 0.717) is 14.4 Å². The van der Waals surface area contributed by atoms with Gasteiger partial charge in [-0.05, 0) is 36.3 Å². The number of aromatic nitrogens is 2. The minimum Gasteiger partial charge on any atom is -0.497 e. The molecule has 3 aromatic rings. The first kappa shape index (κ1) is 25.4. The van der Waals surface area contributed by atoms with Gasteiger partial charge in [0.05, 0.1) is 12.0 Å². The number of nitrogens with zero attached hydrogens (tertiary/aromatic N) is 3. The van der Waals surface area contributed by atoms with Crippen molar-refractivity contribution in [3.8, 4) is 5.75 Å². The highest BCUT2D eigenvalue weighted by Crippen LogP contribution is 2.33. The second kappa shape index (κ2) is 11.8. The van der Waals surface area contributed by atoms with Crippen molar-refractivity contribution in [3.63, 3.8) is 0 Å². The van der Waals surface area contributed by atoms with Gasteiger partial charge in [0.2, 0.25) is 11.0 Å². The number of benzene rings is 2. The van der Waals surface area contributed by atoms with Gasteiger partial charge in [0.25, 0.3) is 5.91 Å². The van der Waals surface area contributed by atoms with E-state index in [-0.39, 0.29) is 24.8 Å². The molecule has 1 aromatic heterocycles. The maximum Gasteiger partial charge on any atom is 0.266 e. The number of thiocarbonyl (C=S) groups is 1. The number of thioether (sulfide) groups is 2. The molecule has 0 unspecified atom stereocenters. The molecule has 180 valence electrons. The van der Waals surface area contributed by atoms with E-state index >= 15 is 0 Å². The molecule has 1 N–H and O–H groups in total. The van der Waals surface area contributed by atoms with Crippen LogP contribution in [0.15, 0.2) is 57.8 Å². The third-order valence-electron chi connectivity index (χ3n) is 4.95. The van der Waals surface area contributed by atoms with E-state index in [9.17, 15) is 9.59 Å². The number of hydrogen-bond acceptors (Lipinski definition) is 9. The first-order chi connectivity index (χ1) is 16.9. The van der Waals surface area contributed by atoms with Crippen LogP contribution in [-0.4, -0.2) is 44.9 Å². The van der Waals surface area contributed by atoms with E-state index in [4.69, 9.17) is 17.0 Å². The Balaban J connectivity index is 1.27. The van der Waals surface area contributed by atoms with Crippen molar-refractivity contribution >= 4 is 74.4 Å². The molecular formula is C24H22N4O3S4. The zero-order valence-corrected chi connectivity index (χ0v) is 22.3. The molecule has 1 saturated heterocycles. The van der Waals surface area contributed by atoms with Crippen LogP contribution < -0.4 is 10.1 Å². The van der Waals surface area contributed by atoms with Crippen LogP contribution in [-0.2, 0) is 15.3 Å². The van der Waals surface area contributed by atoms with Gasteiger partial charge < -0.3 is 10.1 Å². The van der Waals surface area contributed by atoms with Crippen LogP contribution in [0.5, 0.6) is 5.75 Å². The molecule has 7 nitrogen and oxygen atoms in total. The molecule has 0 bridgehead atoms. The Morgan fingerprint density at radius 3 is 2.77 bits per heavy atom. The number of methoxy groups -OCH3 is 1. The SMILES string of the molecule is COc1ccc(/C=C2\SC(=S)N(CCC(=O)Nc3nnc(SCc4cccc(C)c4)s3)C2=O)cc1. The zero-order chi connectivity index (χ0) is 24.8. The fraction of sp³-hybridized carbons (Fsp3) is 0.208. The van der Waals surface area contributed by atoms with E-state index in [2.05, 4.69) is 40.6 Å². The van der Waals surface area contributed by atoms with Crippen LogP contribution >= 0.6 is 47.1 Å². The Morgan fingerprint density at radius 1 is 1.23 bits per heavy atom. The van der Waals surface area contributed by atoms with Gasteiger partial charge in [0.1, 0.15) is 10.1 Å². The largest absolute Gasteiger partial charge is 0.497 e. The lowest BCUT2D eigenvalue weighted by Crippen LogP contribution is -2.31. The summed E-state index contributed by atoms with van der Waals surface area (Å²) in [5.41, 5.74) is 3.29. The summed E-state index contributed by atoms with van der Waals surface area (Å²) in [6, 6.07) is 15.7. The standard InChI is InChI=1S/C24H22N4O3S4/c1-15-4-3-5-17(12-15)14-33-23-27-26-22(35-23)25-20(29)10-11-28-21(30)19(34-24(28)32)13-16-6-8-18(31-2)9-7-16/h3-9,12-13H,10-11,14H2,1-2H3,(H,25,26,29)/b19-13-. The summed E-state index contributed by atoms with van der Waals surface area (Å²) in [6.07, 6.45) is 1.89. The average molecular weight is 543 g/mol. The van der Waals surface area contributed by atoms with Crippen LogP contribution in [0.4, 0.5) is 5.13 Å².